The van der Waals surface area contributed by atoms with Crippen molar-refractivity contribution in [3.05, 3.63) is 53.9 Å². The molecule has 0 saturated carbocycles. The number of nitrogens with two attached hydrogens (primary N) is 1. The van der Waals surface area contributed by atoms with Crippen LogP contribution in [0.5, 0.6) is 0 Å². The predicted molar refractivity (Wildman–Crippen MR) is 77.3 cm³/mol. The molecule has 6 nitrogen and oxygen atoms in total. The fourth-order valence-electron chi connectivity index (χ4n) is 1.68. The van der Waals surface area contributed by atoms with E-state index in [0.29, 0.717) is 5.69 Å². The lowest BCUT2D eigenvalue weighted by Gasteiger charge is -2.10. The van der Waals surface area contributed by atoms with Gasteiger partial charge in [-0.1, -0.05) is 18.2 Å². The van der Waals surface area contributed by atoms with Crippen molar-refractivity contribution < 1.29 is 8.42 Å². The molecular formula is C13H16N4O2S. The van der Waals surface area contributed by atoms with Crippen molar-refractivity contribution in [2.45, 2.75) is 18.4 Å². The molecule has 2 aromatic rings. The van der Waals surface area contributed by atoms with E-state index in [1.807, 2.05) is 19.1 Å². The van der Waals surface area contributed by atoms with Gasteiger partial charge in [0.05, 0.1) is 5.69 Å². The Labute approximate surface area is 118 Å². The number of sulfonamides is 1. The van der Waals surface area contributed by atoms with Crippen molar-refractivity contribution in [2.75, 3.05) is 5.43 Å². The van der Waals surface area contributed by atoms with Crippen LogP contribution in [0.4, 0.5) is 5.69 Å². The van der Waals surface area contributed by atoms with Gasteiger partial charge in [0, 0.05) is 18.4 Å². The molecule has 0 unspecified atom stereocenters. The van der Waals surface area contributed by atoms with Crippen LogP contribution in [0.1, 0.15) is 11.3 Å². The molecule has 0 aliphatic rings. The molecule has 2 rings (SSSR count). The third-order valence-corrected chi connectivity index (χ3v) is 4.23. The van der Waals surface area contributed by atoms with E-state index in [2.05, 4.69) is 15.1 Å². The number of nitrogens with zero attached hydrogens (tertiary/aromatic N) is 1. The van der Waals surface area contributed by atoms with Gasteiger partial charge < -0.3 is 5.43 Å². The summed E-state index contributed by atoms with van der Waals surface area (Å²) in [6, 6.07) is 10.1. The number of nitrogens with one attached hydrogen (secondary N) is 2. The van der Waals surface area contributed by atoms with Gasteiger partial charge in [-0.15, -0.1) is 0 Å². The molecule has 0 spiro atoms. The van der Waals surface area contributed by atoms with Gasteiger partial charge in [-0.3, -0.25) is 10.8 Å². The minimum Gasteiger partial charge on any atom is -0.323 e. The number of para-hydroxylation sites is 1. The van der Waals surface area contributed by atoms with Crippen LogP contribution in [0.25, 0.3) is 0 Å². The first-order valence-electron chi connectivity index (χ1n) is 6.00. The summed E-state index contributed by atoms with van der Waals surface area (Å²) in [6.07, 6.45) is 1.64. The predicted octanol–water partition coefficient (Wildman–Crippen LogP) is 1.15. The highest BCUT2D eigenvalue weighted by atomic mass is 32.2. The second-order valence-corrected chi connectivity index (χ2v) is 6.01. The van der Waals surface area contributed by atoms with E-state index >= 15 is 0 Å². The Morgan fingerprint density at radius 1 is 1.20 bits per heavy atom. The summed E-state index contributed by atoms with van der Waals surface area (Å²) in [4.78, 5) is 4.23. The zero-order valence-electron chi connectivity index (χ0n) is 11.0. The van der Waals surface area contributed by atoms with Gasteiger partial charge in [0.25, 0.3) is 0 Å². The zero-order valence-corrected chi connectivity index (χ0v) is 11.8. The minimum absolute atomic E-state index is 0.113. The highest BCUT2D eigenvalue weighted by Crippen LogP contribution is 2.19. The molecular weight excluding hydrogens is 276 g/mol. The quantitative estimate of drug-likeness (QED) is 0.567. The topological polar surface area (TPSA) is 97.1 Å². The SMILES string of the molecule is Cc1ccc(CNS(=O)(=O)c2ccccc2NN)cn1. The smallest absolute Gasteiger partial charge is 0.242 e. The number of nitrogen functional groups attached to an aromatic ring is 1. The third-order valence-electron chi connectivity index (χ3n) is 2.77. The Hall–Kier alpha value is -1.96. The number of hydrogen-bond acceptors (Lipinski definition) is 5. The maximum atomic E-state index is 12.2. The van der Waals surface area contributed by atoms with Gasteiger partial charge in [-0.05, 0) is 30.7 Å². The van der Waals surface area contributed by atoms with Gasteiger partial charge in [0.1, 0.15) is 4.90 Å². The number of pyridine rings is 1. The number of rotatable bonds is 5. The highest BCUT2D eigenvalue weighted by molar-refractivity contribution is 7.89. The summed E-state index contributed by atoms with van der Waals surface area (Å²) in [5, 5.41) is 0. The summed E-state index contributed by atoms with van der Waals surface area (Å²) in [7, 11) is -3.63. The second-order valence-electron chi connectivity index (χ2n) is 4.27. The molecule has 0 atom stereocenters. The van der Waals surface area contributed by atoms with Crippen LogP contribution in [0.3, 0.4) is 0 Å². The van der Waals surface area contributed by atoms with Crippen molar-refractivity contribution in [1.29, 1.82) is 0 Å². The summed E-state index contributed by atoms with van der Waals surface area (Å²) in [6.45, 7) is 2.05. The van der Waals surface area contributed by atoms with Crippen molar-refractivity contribution in [1.82, 2.24) is 9.71 Å². The lowest BCUT2D eigenvalue weighted by molar-refractivity contribution is 0.581. The van der Waals surface area contributed by atoms with Crippen LogP contribution < -0.4 is 16.0 Å². The molecule has 7 heteroatoms. The van der Waals surface area contributed by atoms with Gasteiger partial charge in [-0.2, -0.15) is 0 Å². The molecule has 0 radical (unpaired) electrons. The van der Waals surface area contributed by atoms with Crippen LogP contribution in [0, 0.1) is 6.92 Å². The van der Waals surface area contributed by atoms with Gasteiger partial charge >= 0.3 is 0 Å². The number of hydrogen-bond donors (Lipinski definition) is 3. The Morgan fingerprint density at radius 3 is 2.60 bits per heavy atom. The lowest BCUT2D eigenvalue weighted by atomic mass is 10.2. The Morgan fingerprint density at radius 2 is 1.95 bits per heavy atom. The normalized spacial score (nSPS) is 11.3. The van der Waals surface area contributed by atoms with Gasteiger partial charge in [0.2, 0.25) is 10.0 Å². The highest BCUT2D eigenvalue weighted by Gasteiger charge is 2.17. The Bertz CT molecular complexity index is 684. The van der Waals surface area contributed by atoms with Gasteiger partial charge in [-0.25, -0.2) is 13.1 Å². The number of hydrazine groups is 1. The molecule has 0 bridgehead atoms. The van der Waals surface area contributed by atoms with Crippen LogP contribution in [-0.2, 0) is 16.6 Å². The van der Waals surface area contributed by atoms with Crippen LogP contribution in [-0.4, -0.2) is 13.4 Å². The van der Waals surface area contributed by atoms with E-state index < -0.39 is 10.0 Å². The molecule has 1 aromatic heterocycles. The Kier molecular flexibility index (Phi) is 4.33. The average molecular weight is 292 g/mol. The fourth-order valence-corrected chi connectivity index (χ4v) is 2.87. The van der Waals surface area contributed by atoms with Crippen molar-refractivity contribution >= 4 is 15.7 Å². The number of benzene rings is 1. The fraction of sp³-hybridized carbons (Fsp3) is 0.154. The lowest BCUT2D eigenvalue weighted by Crippen LogP contribution is -2.25. The second kappa shape index (κ2) is 6.00. The largest absolute Gasteiger partial charge is 0.323 e. The molecule has 1 aromatic carbocycles. The zero-order chi connectivity index (χ0) is 14.6. The first-order chi connectivity index (χ1) is 9.53. The third kappa shape index (κ3) is 3.32. The van der Waals surface area contributed by atoms with Crippen LogP contribution in [0.15, 0.2) is 47.5 Å². The van der Waals surface area contributed by atoms with Crippen LogP contribution >= 0.6 is 0 Å². The monoisotopic (exact) mass is 292 g/mol. The van der Waals surface area contributed by atoms with Crippen molar-refractivity contribution in [3.63, 3.8) is 0 Å². The molecule has 0 aliphatic carbocycles. The van der Waals surface area contributed by atoms with E-state index in [1.54, 1.807) is 24.4 Å². The van der Waals surface area contributed by atoms with E-state index in [4.69, 9.17) is 5.84 Å². The first-order valence-corrected chi connectivity index (χ1v) is 7.48. The Balaban J connectivity index is 2.17. The first kappa shape index (κ1) is 14.4. The summed E-state index contributed by atoms with van der Waals surface area (Å²) in [5.74, 6) is 5.32. The standard InChI is InChI=1S/C13H16N4O2S/c1-10-6-7-11(8-15-10)9-16-20(18,19)13-5-3-2-4-12(13)17-14/h2-8,16-17H,9,14H2,1H3. The number of aromatic nitrogens is 1. The van der Waals surface area contributed by atoms with Gasteiger partial charge in [0.15, 0.2) is 0 Å². The number of anilines is 1. The van der Waals surface area contributed by atoms with E-state index in [9.17, 15) is 8.42 Å². The molecule has 0 saturated heterocycles. The molecule has 0 fully saturated rings. The summed E-state index contributed by atoms with van der Waals surface area (Å²) >= 11 is 0. The average Bonchev–Trinajstić information content (AvgIpc) is 2.46. The van der Waals surface area contributed by atoms with E-state index in [0.717, 1.165) is 11.3 Å². The molecule has 20 heavy (non-hydrogen) atoms. The summed E-state index contributed by atoms with van der Waals surface area (Å²) < 4.78 is 27.0. The molecule has 4 N–H and O–H groups in total. The van der Waals surface area contributed by atoms with E-state index in [1.165, 1.54) is 6.07 Å². The van der Waals surface area contributed by atoms with E-state index in [-0.39, 0.29) is 11.4 Å². The minimum atomic E-state index is -3.63. The van der Waals surface area contributed by atoms with Crippen LogP contribution in [0.2, 0.25) is 0 Å². The van der Waals surface area contributed by atoms with Crippen molar-refractivity contribution in [2.24, 2.45) is 5.84 Å². The number of aryl methyl sites for hydroxylation is 1. The molecule has 0 amide bonds. The maximum absolute atomic E-state index is 12.2. The maximum Gasteiger partial charge on any atom is 0.242 e. The molecule has 106 valence electrons. The summed E-state index contributed by atoms with van der Waals surface area (Å²) in [5.41, 5.74) is 4.40. The van der Waals surface area contributed by atoms with Crippen molar-refractivity contribution in [3.8, 4) is 0 Å². The molecule has 1 heterocycles. The molecule has 0 aliphatic heterocycles.